The molecule has 0 radical (unpaired) electrons. The monoisotopic (exact) mass is 301 g/mol. The number of fused-ring (bicyclic) bond motifs is 2. The Labute approximate surface area is 126 Å². The van der Waals surface area contributed by atoms with Gasteiger partial charge in [0.1, 0.15) is 5.41 Å². The van der Waals surface area contributed by atoms with Crippen LogP contribution in [0, 0.1) is 5.41 Å². The third-order valence-electron chi connectivity index (χ3n) is 4.96. The molecule has 114 valence electrons. The fourth-order valence-electron chi connectivity index (χ4n) is 3.93. The van der Waals surface area contributed by atoms with Crippen LogP contribution in [0.1, 0.15) is 47.4 Å². The van der Waals surface area contributed by atoms with E-state index in [0.29, 0.717) is 17.9 Å². The van der Waals surface area contributed by atoms with Gasteiger partial charge in [-0.3, -0.25) is 9.59 Å². The molecular formula is C16H15NO5. The van der Waals surface area contributed by atoms with Gasteiger partial charge in [-0.1, -0.05) is 17.2 Å². The van der Waals surface area contributed by atoms with E-state index in [4.69, 9.17) is 9.57 Å². The Hall–Kier alpha value is -2.21. The zero-order chi connectivity index (χ0) is 15.7. The third kappa shape index (κ3) is 1.50. The van der Waals surface area contributed by atoms with Gasteiger partial charge in [0.15, 0.2) is 0 Å². The minimum atomic E-state index is -0.746. The number of hydrogen-bond acceptors (Lipinski definition) is 5. The summed E-state index contributed by atoms with van der Waals surface area (Å²) in [6, 6.07) is 6.42. The average molecular weight is 301 g/mol. The van der Waals surface area contributed by atoms with Crippen molar-refractivity contribution in [1.29, 1.82) is 0 Å². The van der Waals surface area contributed by atoms with E-state index < -0.39 is 23.2 Å². The summed E-state index contributed by atoms with van der Waals surface area (Å²) in [5.41, 5.74) is -0.524. The molecule has 4 aliphatic rings. The van der Waals surface area contributed by atoms with Crippen molar-refractivity contribution in [1.82, 2.24) is 5.06 Å². The molecule has 3 heterocycles. The zero-order valence-corrected chi connectivity index (χ0v) is 12.3. The van der Waals surface area contributed by atoms with Crippen LogP contribution in [0.3, 0.4) is 0 Å². The summed E-state index contributed by atoms with van der Waals surface area (Å²) in [7, 11) is 0. The number of hydrogen-bond donors (Lipinski definition) is 0. The van der Waals surface area contributed by atoms with Crippen molar-refractivity contribution in [3.05, 3.63) is 35.4 Å². The molecule has 2 saturated heterocycles. The molecule has 1 aliphatic carbocycles. The molecule has 1 aromatic carbocycles. The molecule has 1 atom stereocenters. The van der Waals surface area contributed by atoms with Crippen molar-refractivity contribution in [2.24, 2.45) is 5.41 Å². The second-order valence-electron chi connectivity index (χ2n) is 6.55. The molecule has 22 heavy (non-hydrogen) atoms. The van der Waals surface area contributed by atoms with Gasteiger partial charge in [0, 0.05) is 0 Å². The van der Waals surface area contributed by atoms with E-state index in [0.717, 1.165) is 0 Å². The largest absolute Gasteiger partial charge is 0.371 e. The van der Waals surface area contributed by atoms with Crippen LogP contribution in [-0.2, 0) is 14.4 Å². The fourth-order valence-corrected chi connectivity index (χ4v) is 3.93. The highest BCUT2D eigenvalue weighted by atomic mass is 16.7. The SMILES string of the molecule is CC1OC2(C)CC1(C(=O)ON1C(=O)c3ccccc3C1=O)C2. The van der Waals surface area contributed by atoms with E-state index in [9.17, 15) is 14.4 Å². The smallest absolute Gasteiger partial charge is 0.342 e. The molecular weight excluding hydrogens is 286 g/mol. The van der Waals surface area contributed by atoms with Crippen LogP contribution >= 0.6 is 0 Å². The molecule has 2 amide bonds. The molecule has 3 fully saturated rings. The number of amides is 2. The Morgan fingerprint density at radius 3 is 2.23 bits per heavy atom. The Morgan fingerprint density at radius 1 is 1.23 bits per heavy atom. The fraction of sp³-hybridized carbons (Fsp3) is 0.438. The number of benzene rings is 1. The molecule has 6 nitrogen and oxygen atoms in total. The van der Waals surface area contributed by atoms with Crippen LogP contribution in [0.4, 0.5) is 0 Å². The lowest BCUT2D eigenvalue weighted by Gasteiger charge is -2.40. The predicted octanol–water partition coefficient (Wildman–Crippen LogP) is 1.70. The van der Waals surface area contributed by atoms with Gasteiger partial charge in [0.2, 0.25) is 0 Å². The van der Waals surface area contributed by atoms with Crippen molar-refractivity contribution >= 4 is 17.8 Å². The van der Waals surface area contributed by atoms with Crippen LogP contribution in [0.5, 0.6) is 0 Å². The van der Waals surface area contributed by atoms with Gasteiger partial charge in [-0.2, -0.15) is 0 Å². The van der Waals surface area contributed by atoms with Gasteiger partial charge in [0.25, 0.3) is 11.8 Å². The average Bonchev–Trinajstić information content (AvgIpc) is 2.97. The standard InChI is InChI=1S/C16H15NO5/c1-9-16(7-15(2,8-16)21-9)14(20)22-17-12(18)10-5-3-4-6-11(10)13(17)19/h3-6,9H,7-8H2,1-2H3. The second-order valence-corrected chi connectivity index (χ2v) is 6.55. The van der Waals surface area contributed by atoms with Crippen LogP contribution in [0.2, 0.25) is 0 Å². The highest BCUT2D eigenvalue weighted by molar-refractivity contribution is 6.20. The molecule has 0 N–H and O–H groups in total. The van der Waals surface area contributed by atoms with Crippen molar-refractivity contribution in [2.75, 3.05) is 0 Å². The van der Waals surface area contributed by atoms with E-state index in [2.05, 4.69) is 0 Å². The van der Waals surface area contributed by atoms with Gasteiger partial charge in [-0.05, 0) is 38.8 Å². The lowest BCUT2D eigenvalue weighted by molar-refractivity contribution is -0.186. The highest BCUT2D eigenvalue weighted by Crippen LogP contribution is 2.61. The van der Waals surface area contributed by atoms with Crippen LogP contribution in [0.25, 0.3) is 0 Å². The van der Waals surface area contributed by atoms with Gasteiger partial charge in [-0.25, -0.2) is 4.79 Å². The van der Waals surface area contributed by atoms with Gasteiger partial charge < -0.3 is 9.57 Å². The maximum Gasteiger partial charge on any atom is 0.342 e. The summed E-state index contributed by atoms with van der Waals surface area (Å²) in [5.74, 6) is -1.76. The van der Waals surface area contributed by atoms with Crippen molar-refractivity contribution in [2.45, 2.75) is 38.4 Å². The molecule has 1 saturated carbocycles. The third-order valence-corrected chi connectivity index (χ3v) is 4.96. The van der Waals surface area contributed by atoms with E-state index in [1.54, 1.807) is 24.3 Å². The van der Waals surface area contributed by atoms with E-state index in [1.165, 1.54) is 0 Å². The first kappa shape index (κ1) is 13.5. The lowest BCUT2D eigenvalue weighted by atomic mass is 9.61. The predicted molar refractivity (Wildman–Crippen MR) is 73.7 cm³/mol. The first-order valence-electron chi connectivity index (χ1n) is 7.24. The normalized spacial score (nSPS) is 35.4. The molecule has 5 rings (SSSR count). The minimum Gasteiger partial charge on any atom is -0.371 e. The zero-order valence-electron chi connectivity index (χ0n) is 12.3. The lowest BCUT2D eigenvalue weighted by Crippen LogP contribution is -2.51. The quantitative estimate of drug-likeness (QED) is 0.777. The molecule has 1 unspecified atom stereocenters. The van der Waals surface area contributed by atoms with Crippen LogP contribution < -0.4 is 0 Å². The number of carbonyl (C=O) groups excluding carboxylic acids is 3. The Bertz CT molecular complexity index is 684. The first-order valence-corrected chi connectivity index (χ1v) is 7.24. The Kier molecular flexibility index (Phi) is 2.42. The highest BCUT2D eigenvalue weighted by Gasteiger charge is 2.69. The molecule has 0 aromatic heterocycles. The summed E-state index contributed by atoms with van der Waals surface area (Å²) in [6.07, 6.45) is 0.840. The van der Waals surface area contributed by atoms with Crippen LogP contribution in [0.15, 0.2) is 24.3 Å². The number of imide groups is 1. The van der Waals surface area contributed by atoms with E-state index >= 15 is 0 Å². The second kappa shape index (κ2) is 3.95. The summed E-state index contributed by atoms with van der Waals surface area (Å²) >= 11 is 0. The number of rotatable bonds is 2. The van der Waals surface area contributed by atoms with Gasteiger partial charge >= 0.3 is 5.97 Å². The van der Waals surface area contributed by atoms with Crippen molar-refractivity contribution in [3.8, 4) is 0 Å². The maximum atomic E-state index is 12.5. The summed E-state index contributed by atoms with van der Waals surface area (Å²) in [5, 5.41) is 0.572. The molecule has 2 bridgehead atoms. The number of ether oxygens (including phenoxy) is 1. The van der Waals surface area contributed by atoms with Crippen molar-refractivity contribution in [3.63, 3.8) is 0 Å². The summed E-state index contributed by atoms with van der Waals surface area (Å²) in [6.45, 7) is 3.77. The molecule has 6 heteroatoms. The minimum absolute atomic E-state index is 0.256. The van der Waals surface area contributed by atoms with E-state index in [-0.39, 0.29) is 22.8 Å². The van der Waals surface area contributed by atoms with E-state index in [1.807, 2.05) is 13.8 Å². The number of carbonyl (C=O) groups is 3. The van der Waals surface area contributed by atoms with Gasteiger partial charge in [-0.15, -0.1) is 0 Å². The summed E-state index contributed by atoms with van der Waals surface area (Å²) in [4.78, 5) is 42.1. The van der Waals surface area contributed by atoms with Crippen molar-refractivity contribution < 1.29 is 24.0 Å². The Morgan fingerprint density at radius 2 is 1.77 bits per heavy atom. The van der Waals surface area contributed by atoms with Gasteiger partial charge in [0.05, 0.1) is 22.8 Å². The molecule has 1 aromatic rings. The number of nitrogens with zero attached hydrogens (tertiary/aromatic N) is 1. The molecule has 3 aliphatic heterocycles. The Balaban J connectivity index is 1.57. The van der Waals surface area contributed by atoms with Crippen LogP contribution in [-0.4, -0.2) is 34.6 Å². The topological polar surface area (TPSA) is 72.9 Å². The number of hydroxylamine groups is 2. The first-order chi connectivity index (χ1) is 10.4. The maximum absolute atomic E-state index is 12.5. The summed E-state index contributed by atoms with van der Waals surface area (Å²) < 4.78 is 5.74. The molecule has 0 spiro atoms.